The molecular formula is C13H14BrN3O3S. The van der Waals surface area contributed by atoms with Crippen LogP contribution < -0.4 is 4.74 Å². The average Bonchev–Trinajstić information content (AvgIpc) is 2.87. The fourth-order valence-electron chi connectivity index (χ4n) is 1.86. The Hall–Kier alpha value is -1.54. The number of nitrogens with zero attached hydrogens (tertiary/aromatic N) is 3. The first-order valence-corrected chi connectivity index (χ1v) is 7.96. The number of hydrogen-bond acceptors (Lipinski definition) is 5. The molecule has 0 amide bonds. The molecule has 0 bridgehead atoms. The number of carboxylic acids is 1. The highest BCUT2D eigenvalue weighted by Gasteiger charge is 2.17. The van der Waals surface area contributed by atoms with Crippen LogP contribution in [0.1, 0.15) is 6.92 Å². The summed E-state index contributed by atoms with van der Waals surface area (Å²) in [6, 6.07) is 5.65. The molecule has 0 spiro atoms. The van der Waals surface area contributed by atoms with Gasteiger partial charge in [0.2, 0.25) is 0 Å². The highest BCUT2D eigenvalue weighted by atomic mass is 79.9. The Morgan fingerprint density at radius 3 is 2.86 bits per heavy atom. The largest absolute Gasteiger partial charge is 0.496 e. The van der Waals surface area contributed by atoms with Crippen molar-refractivity contribution in [2.75, 3.05) is 12.9 Å². The summed E-state index contributed by atoms with van der Waals surface area (Å²) in [6.07, 6.45) is 0. The molecule has 0 radical (unpaired) electrons. The number of hydrogen-bond donors (Lipinski definition) is 1. The second-order valence-electron chi connectivity index (χ2n) is 4.08. The molecule has 0 atom stereocenters. The fraction of sp³-hybridized carbons (Fsp3) is 0.308. The molecule has 0 fully saturated rings. The minimum Gasteiger partial charge on any atom is -0.496 e. The maximum atomic E-state index is 10.7. The summed E-state index contributed by atoms with van der Waals surface area (Å²) in [5.41, 5.74) is 0.817. The van der Waals surface area contributed by atoms with Gasteiger partial charge in [0.25, 0.3) is 0 Å². The van der Waals surface area contributed by atoms with Gasteiger partial charge in [-0.25, -0.2) is 0 Å². The number of aromatic nitrogens is 3. The topological polar surface area (TPSA) is 77.2 Å². The first-order chi connectivity index (χ1) is 10.1. The first-order valence-electron chi connectivity index (χ1n) is 6.18. The quantitative estimate of drug-likeness (QED) is 0.786. The van der Waals surface area contributed by atoms with Gasteiger partial charge in [0, 0.05) is 11.0 Å². The number of methoxy groups -OCH3 is 1. The van der Waals surface area contributed by atoms with Gasteiger partial charge in [0.15, 0.2) is 11.0 Å². The number of halogens is 1. The van der Waals surface area contributed by atoms with Crippen LogP contribution in [-0.2, 0) is 11.3 Å². The Bertz CT molecular complexity index is 660. The maximum Gasteiger partial charge on any atom is 0.313 e. The van der Waals surface area contributed by atoms with E-state index in [1.165, 1.54) is 0 Å². The zero-order valence-electron chi connectivity index (χ0n) is 11.5. The van der Waals surface area contributed by atoms with Gasteiger partial charge < -0.3 is 14.4 Å². The molecule has 2 rings (SSSR count). The number of carbonyl (C=O) groups is 1. The second-order valence-corrected chi connectivity index (χ2v) is 5.94. The van der Waals surface area contributed by atoms with Crippen molar-refractivity contribution in [3.8, 4) is 17.1 Å². The van der Waals surface area contributed by atoms with Crippen LogP contribution in [0.4, 0.5) is 0 Å². The van der Waals surface area contributed by atoms with E-state index in [9.17, 15) is 4.79 Å². The van der Waals surface area contributed by atoms with Crippen LogP contribution in [0.2, 0.25) is 0 Å². The van der Waals surface area contributed by atoms with E-state index in [1.807, 2.05) is 29.7 Å². The van der Waals surface area contributed by atoms with Gasteiger partial charge in [0.1, 0.15) is 5.75 Å². The lowest BCUT2D eigenvalue weighted by Gasteiger charge is -2.10. The molecule has 2 aromatic rings. The molecule has 1 aromatic carbocycles. The van der Waals surface area contributed by atoms with E-state index in [1.54, 1.807) is 7.11 Å². The average molecular weight is 372 g/mol. The molecule has 1 heterocycles. The summed E-state index contributed by atoms with van der Waals surface area (Å²) in [5, 5.41) is 17.6. The highest BCUT2D eigenvalue weighted by Crippen LogP contribution is 2.33. The summed E-state index contributed by atoms with van der Waals surface area (Å²) in [4.78, 5) is 10.7. The Labute approximate surface area is 134 Å². The van der Waals surface area contributed by atoms with E-state index >= 15 is 0 Å². The third-order valence-corrected chi connectivity index (χ3v) is 4.21. The number of aliphatic carboxylic acids is 1. The van der Waals surface area contributed by atoms with E-state index in [0.717, 1.165) is 21.8 Å². The van der Waals surface area contributed by atoms with Crippen LogP contribution in [0.5, 0.6) is 5.75 Å². The molecule has 8 heteroatoms. The van der Waals surface area contributed by atoms with Crippen molar-refractivity contribution >= 4 is 33.7 Å². The molecule has 0 unspecified atom stereocenters. The second kappa shape index (κ2) is 6.95. The van der Waals surface area contributed by atoms with Crippen molar-refractivity contribution in [2.45, 2.75) is 18.6 Å². The van der Waals surface area contributed by atoms with Gasteiger partial charge in [-0.2, -0.15) is 0 Å². The van der Waals surface area contributed by atoms with Crippen molar-refractivity contribution in [3.05, 3.63) is 22.7 Å². The van der Waals surface area contributed by atoms with Crippen LogP contribution in [-0.4, -0.2) is 38.7 Å². The van der Waals surface area contributed by atoms with Crippen LogP contribution in [0.15, 0.2) is 27.8 Å². The van der Waals surface area contributed by atoms with E-state index in [-0.39, 0.29) is 5.75 Å². The van der Waals surface area contributed by atoms with Crippen LogP contribution >= 0.6 is 27.7 Å². The molecule has 1 aromatic heterocycles. The Morgan fingerprint density at radius 1 is 1.48 bits per heavy atom. The van der Waals surface area contributed by atoms with E-state index in [0.29, 0.717) is 23.3 Å². The minimum atomic E-state index is -0.881. The fourth-order valence-corrected chi connectivity index (χ4v) is 2.92. The SMILES string of the molecule is CCn1c(SCC(=O)O)nnc1-c1ccc(Br)cc1OC. The third kappa shape index (κ3) is 3.56. The van der Waals surface area contributed by atoms with Crippen LogP contribution in [0, 0.1) is 0 Å². The zero-order valence-corrected chi connectivity index (χ0v) is 13.9. The lowest BCUT2D eigenvalue weighted by Crippen LogP contribution is -2.03. The van der Waals surface area contributed by atoms with Crippen molar-refractivity contribution in [1.82, 2.24) is 14.8 Å². The monoisotopic (exact) mass is 371 g/mol. The molecule has 0 aliphatic carbocycles. The summed E-state index contributed by atoms with van der Waals surface area (Å²) in [5.74, 6) is 0.416. The van der Waals surface area contributed by atoms with Crippen LogP contribution in [0.3, 0.4) is 0 Å². The third-order valence-electron chi connectivity index (χ3n) is 2.76. The molecule has 1 N–H and O–H groups in total. The molecular weight excluding hydrogens is 358 g/mol. The summed E-state index contributed by atoms with van der Waals surface area (Å²) < 4.78 is 8.16. The van der Waals surface area contributed by atoms with E-state index < -0.39 is 5.97 Å². The van der Waals surface area contributed by atoms with Crippen molar-refractivity contribution < 1.29 is 14.6 Å². The van der Waals surface area contributed by atoms with E-state index in [4.69, 9.17) is 9.84 Å². The normalized spacial score (nSPS) is 10.6. The standard InChI is InChI=1S/C13H14BrN3O3S/c1-3-17-12(15-16-13(17)21-7-11(18)19)9-5-4-8(14)6-10(9)20-2/h4-6H,3,7H2,1-2H3,(H,18,19). The smallest absolute Gasteiger partial charge is 0.313 e. The summed E-state index contributed by atoms with van der Waals surface area (Å²) in [6.45, 7) is 2.60. The maximum absolute atomic E-state index is 10.7. The lowest BCUT2D eigenvalue weighted by atomic mass is 10.2. The predicted molar refractivity (Wildman–Crippen MR) is 83.7 cm³/mol. The number of carboxylic acid groups (broad SMARTS) is 1. The minimum absolute atomic E-state index is 0.0460. The van der Waals surface area contributed by atoms with E-state index in [2.05, 4.69) is 26.1 Å². The van der Waals surface area contributed by atoms with Gasteiger partial charge >= 0.3 is 5.97 Å². The lowest BCUT2D eigenvalue weighted by molar-refractivity contribution is -0.133. The molecule has 0 saturated heterocycles. The number of benzene rings is 1. The number of ether oxygens (including phenoxy) is 1. The molecule has 6 nitrogen and oxygen atoms in total. The molecule has 0 saturated carbocycles. The van der Waals surface area contributed by atoms with Gasteiger partial charge in [-0.15, -0.1) is 10.2 Å². The Morgan fingerprint density at radius 2 is 2.24 bits per heavy atom. The van der Waals surface area contributed by atoms with Crippen molar-refractivity contribution in [2.24, 2.45) is 0 Å². The Kier molecular flexibility index (Phi) is 5.24. The van der Waals surface area contributed by atoms with Gasteiger partial charge in [-0.05, 0) is 25.1 Å². The highest BCUT2D eigenvalue weighted by molar-refractivity contribution is 9.10. The molecule has 0 aliphatic heterocycles. The molecule has 0 aliphatic rings. The molecule has 21 heavy (non-hydrogen) atoms. The zero-order chi connectivity index (χ0) is 15.4. The first kappa shape index (κ1) is 15.8. The number of thioether (sulfide) groups is 1. The van der Waals surface area contributed by atoms with Crippen molar-refractivity contribution in [1.29, 1.82) is 0 Å². The van der Waals surface area contributed by atoms with Crippen LogP contribution in [0.25, 0.3) is 11.4 Å². The van der Waals surface area contributed by atoms with Gasteiger partial charge in [0.05, 0.1) is 18.4 Å². The summed E-state index contributed by atoms with van der Waals surface area (Å²) >= 11 is 4.55. The Balaban J connectivity index is 2.42. The molecule has 112 valence electrons. The van der Waals surface area contributed by atoms with Gasteiger partial charge in [-0.1, -0.05) is 27.7 Å². The predicted octanol–water partition coefficient (Wildman–Crippen LogP) is 2.91. The number of rotatable bonds is 6. The van der Waals surface area contributed by atoms with Crippen molar-refractivity contribution in [3.63, 3.8) is 0 Å². The van der Waals surface area contributed by atoms with Gasteiger partial charge in [-0.3, -0.25) is 4.79 Å². The summed E-state index contributed by atoms with van der Waals surface area (Å²) in [7, 11) is 1.60.